The summed E-state index contributed by atoms with van der Waals surface area (Å²) in [5, 5.41) is 0. The van der Waals surface area contributed by atoms with Crippen LogP contribution in [0.4, 0.5) is 0 Å². The molecular formula is C18H21N3O3. The van der Waals surface area contributed by atoms with Crippen LogP contribution < -0.4 is 4.74 Å². The van der Waals surface area contributed by atoms with Crippen LogP contribution in [0.2, 0.25) is 0 Å². The number of methoxy groups -OCH3 is 1. The van der Waals surface area contributed by atoms with Crippen molar-refractivity contribution in [1.29, 1.82) is 0 Å². The number of hydrogen-bond acceptors (Lipinski definition) is 5. The lowest BCUT2D eigenvalue weighted by Crippen LogP contribution is -2.37. The lowest BCUT2D eigenvalue weighted by atomic mass is 10.2. The Morgan fingerprint density at radius 2 is 2.25 bits per heavy atom. The van der Waals surface area contributed by atoms with E-state index in [9.17, 15) is 4.79 Å². The first-order chi connectivity index (χ1) is 11.8. The average molecular weight is 327 g/mol. The van der Waals surface area contributed by atoms with Crippen molar-refractivity contribution in [3.8, 4) is 5.75 Å². The second kappa shape index (κ2) is 7.88. The first kappa shape index (κ1) is 16.4. The van der Waals surface area contributed by atoms with Gasteiger partial charge in [0, 0.05) is 31.6 Å². The van der Waals surface area contributed by atoms with Crippen molar-refractivity contribution in [2.45, 2.75) is 25.5 Å². The molecule has 1 aliphatic heterocycles. The number of carbonyl (C=O) groups is 1. The molecule has 24 heavy (non-hydrogen) atoms. The third-order valence-corrected chi connectivity index (χ3v) is 4.00. The van der Waals surface area contributed by atoms with Gasteiger partial charge in [-0.25, -0.2) is 0 Å². The van der Waals surface area contributed by atoms with Gasteiger partial charge in [-0.2, -0.15) is 0 Å². The Morgan fingerprint density at radius 1 is 1.33 bits per heavy atom. The van der Waals surface area contributed by atoms with Gasteiger partial charge in [0.1, 0.15) is 11.4 Å². The monoisotopic (exact) mass is 327 g/mol. The van der Waals surface area contributed by atoms with Crippen molar-refractivity contribution in [1.82, 2.24) is 14.9 Å². The van der Waals surface area contributed by atoms with Crippen molar-refractivity contribution in [3.05, 3.63) is 54.1 Å². The standard InChI is InChI=1S/C18H21N3O3/c1-23-15-7-9-20-17(11-15)18(22)21(13-16-6-4-10-24-16)12-14-5-2-3-8-19-14/h2-3,5,7-9,11,16H,4,6,10,12-13H2,1H3/t16-/m0/s1. The molecule has 0 radical (unpaired) electrons. The summed E-state index contributed by atoms with van der Waals surface area (Å²) in [5.74, 6) is 0.471. The van der Waals surface area contributed by atoms with E-state index in [0.29, 0.717) is 24.5 Å². The molecule has 126 valence electrons. The van der Waals surface area contributed by atoms with E-state index >= 15 is 0 Å². The number of nitrogens with zero attached hydrogens (tertiary/aromatic N) is 3. The van der Waals surface area contributed by atoms with Gasteiger partial charge in [0.15, 0.2) is 0 Å². The smallest absolute Gasteiger partial charge is 0.273 e. The SMILES string of the molecule is COc1ccnc(C(=O)N(Cc2ccccn2)C[C@@H]2CCCO2)c1. The quantitative estimate of drug-likeness (QED) is 0.814. The van der Waals surface area contributed by atoms with E-state index in [0.717, 1.165) is 25.1 Å². The lowest BCUT2D eigenvalue weighted by Gasteiger charge is -2.25. The summed E-state index contributed by atoms with van der Waals surface area (Å²) in [6, 6.07) is 9.07. The molecule has 0 spiro atoms. The van der Waals surface area contributed by atoms with E-state index in [1.807, 2.05) is 18.2 Å². The fourth-order valence-corrected chi connectivity index (χ4v) is 2.76. The molecule has 1 aliphatic rings. The second-order valence-corrected chi connectivity index (χ2v) is 5.72. The second-order valence-electron chi connectivity index (χ2n) is 5.72. The molecule has 6 nitrogen and oxygen atoms in total. The van der Waals surface area contributed by atoms with Gasteiger partial charge in [-0.3, -0.25) is 14.8 Å². The van der Waals surface area contributed by atoms with Crippen LogP contribution in [0.25, 0.3) is 0 Å². The minimum Gasteiger partial charge on any atom is -0.497 e. The van der Waals surface area contributed by atoms with Gasteiger partial charge in [0.25, 0.3) is 5.91 Å². The highest BCUT2D eigenvalue weighted by Gasteiger charge is 2.24. The number of ether oxygens (including phenoxy) is 2. The van der Waals surface area contributed by atoms with Crippen molar-refractivity contribution in [3.63, 3.8) is 0 Å². The van der Waals surface area contributed by atoms with Crippen LogP contribution in [0.1, 0.15) is 29.0 Å². The van der Waals surface area contributed by atoms with Gasteiger partial charge < -0.3 is 14.4 Å². The Morgan fingerprint density at radius 3 is 2.96 bits per heavy atom. The average Bonchev–Trinajstić information content (AvgIpc) is 3.14. The van der Waals surface area contributed by atoms with Crippen molar-refractivity contribution < 1.29 is 14.3 Å². The number of hydrogen-bond donors (Lipinski definition) is 0. The number of rotatable bonds is 6. The minimum atomic E-state index is -0.143. The van der Waals surface area contributed by atoms with Crippen molar-refractivity contribution in [2.24, 2.45) is 0 Å². The molecule has 0 saturated carbocycles. The highest BCUT2D eigenvalue weighted by atomic mass is 16.5. The van der Waals surface area contributed by atoms with Crippen LogP contribution in [-0.4, -0.2) is 47.1 Å². The Kier molecular flexibility index (Phi) is 5.38. The van der Waals surface area contributed by atoms with E-state index in [-0.39, 0.29) is 12.0 Å². The fourth-order valence-electron chi connectivity index (χ4n) is 2.76. The molecule has 6 heteroatoms. The summed E-state index contributed by atoms with van der Waals surface area (Å²) < 4.78 is 10.9. The normalized spacial score (nSPS) is 16.8. The topological polar surface area (TPSA) is 64.5 Å². The maximum Gasteiger partial charge on any atom is 0.273 e. The van der Waals surface area contributed by atoms with Gasteiger partial charge in [-0.1, -0.05) is 6.07 Å². The maximum atomic E-state index is 12.9. The van der Waals surface area contributed by atoms with Gasteiger partial charge in [0.2, 0.25) is 0 Å². The van der Waals surface area contributed by atoms with Crippen LogP contribution in [0.15, 0.2) is 42.7 Å². The molecule has 1 amide bonds. The molecule has 1 saturated heterocycles. The number of amides is 1. The largest absolute Gasteiger partial charge is 0.497 e. The summed E-state index contributed by atoms with van der Waals surface area (Å²) in [7, 11) is 1.57. The molecule has 0 aliphatic carbocycles. The Balaban J connectivity index is 1.80. The Hall–Kier alpha value is -2.47. The maximum absolute atomic E-state index is 12.9. The fraction of sp³-hybridized carbons (Fsp3) is 0.389. The van der Waals surface area contributed by atoms with E-state index in [1.54, 1.807) is 36.5 Å². The van der Waals surface area contributed by atoms with Gasteiger partial charge in [0.05, 0.1) is 25.5 Å². The molecule has 2 aromatic rings. The van der Waals surface area contributed by atoms with Gasteiger partial charge in [-0.05, 0) is 31.0 Å². The number of pyridine rings is 2. The summed E-state index contributed by atoms with van der Waals surface area (Å²) in [6.07, 6.45) is 5.39. The van der Waals surface area contributed by atoms with E-state index < -0.39 is 0 Å². The zero-order valence-electron chi connectivity index (χ0n) is 13.7. The van der Waals surface area contributed by atoms with Crippen LogP contribution in [0.3, 0.4) is 0 Å². The molecule has 1 atom stereocenters. The van der Waals surface area contributed by atoms with Gasteiger partial charge >= 0.3 is 0 Å². The third kappa shape index (κ3) is 4.08. The third-order valence-electron chi connectivity index (χ3n) is 4.00. The van der Waals surface area contributed by atoms with Crippen molar-refractivity contribution >= 4 is 5.91 Å². The van der Waals surface area contributed by atoms with E-state index in [2.05, 4.69) is 9.97 Å². The summed E-state index contributed by atoms with van der Waals surface area (Å²) >= 11 is 0. The molecule has 1 fully saturated rings. The summed E-state index contributed by atoms with van der Waals surface area (Å²) in [5.41, 5.74) is 1.20. The predicted octanol–water partition coefficient (Wildman–Crippen LogP) is 2.31. The highest BCUT2D eigenvalue weighted by molar-refractivity contribution is 5.92. The summed E-state index contributed by atoms with van der Waals surface area (Å²) in [4.78, 5) is 23.2. The van der Waals surface area contributed by atoms with Gasteiger partial charge in [-0.15, -0.1) is 0 Å². The molecule has 3 heterocycles. The van der Waals surface area contributed by atoms with Crippen LogP contribution in [0, 0.1) is 0 Å². The minimum absolute atomic E-state index is 0.0725. The first-order valence-corrected chi connectivity index (χ1v) is 8.07. The number of aromatic nitrogens is 2. The Labute approximate surface area is 141 Å². The molecule has 0 aromatic carbocycles. The van der Waals surface area contributed by atoms with Crippen LogP contribution >= 0.6 is 0 Å². The van der Waals surface area contributed by atoms with Crippen LogP contribution in [-0.2, 0) is 11.3 Å². The molecule has 2 aromatic heterocycles. The zero-order chi connectivity index (χ0) is 16.8. The van der Waals surface area contributed by atoms with Crippen molar-refractivity contribution in [2.75, 3.05) is 20.3 Å². The van der Waals surface area contributed by atoms with E-state index in [4.69, 9.17) is 9.47 Å². The lowest BCUT2D eigenvalue weighted by molar-refractivity contribution is 0.0500. The Bertz CT molecular complexity index is 672. The molecule has 3 rings (SSSR count). The first-order valence-electron chi connectivity index (χ1n) is 8.07. The number of carbonyl (C=O) groups excluding carboxylic acids is 1. The molecule has 0 unspecified atom stereocenters. The zero-order valence-corrected chi connectivity index (χ0v) is 13.7. The molecule has 0 N–H and O–H groups in total. The van der Waals surface area contributed by atoms with Crippen LogP contribution in [0.5, 0.6) is 5.75 Å². The van der Waals surface area contributed by atoms with E-state index in [1.165, 1.54) is 0 Å². The predicted molar refractivity (Wildman–Crippen MR) is 88.7 cm³/mol. The summed E-state index contributed by atoms with van der Waals surface area (Å²) in [6.45, 7) is 1.72. The molecule has 0 bridgehead atoms. The molecular weight excluding hydrogens is 306 g/mol. The highest BCUT2D eigenvalue weighted by Crippen LogP contribution is 2.18.